The largest absolute Gasteiger partial charge is 0.394 e. The van der Waals surface area contributed by atoms with Crippen molar-refractivity contribution in [3.8, 4) is 0 Å². The minimum atomic E-state index is -4.67. The van der Waals surface area contributed by atoms with Crippen molar-refractivity contribution in [1.29, 1.82) is 0 Å². The summed E-state index contributed by atoms with van der Waals surface area (Å²) in [6, 6.07) is 1.50. The first-order chi connectivity index (χ1) is 5.56. The van der Waals surface area contributed by atoms with Gasteiger partial charge >= 0.3 is 10.4 Å². The second-order valence-electron chi connectivity index (χ2n) is 4.11. The molecule has 0 aromatic rings. The fraction of sp³-hybridized carbons (Fsp3) is 1.00. The summed E-state index contributed by atoms with van der Waals surface area (Å²) in [5.41, 5.74) is 0. The van der Waals surface area contributed by atoms with E-state index in [1.807, 2.05) is 0 Å². The molecule has 0 amide bonds. The molecule has 13 heavy (non-hydrogen) atoms. The normalized spacial score (nSPS) is 11.8. The maximum atomic E-state index is 8.74. The van der Waals surface area contributed by atoms with Crippen LogP contribution in [-0.4, -0.2) is 25.6 Å². The molecule has 82 valence electrons. The van der Waals surface area contributed by atoms with Gasteiger partial charge in [-0.15, -0.1) is 0 Å². The molecule has 2 N–H and O–H groups in total. The van der Waals surface area contributed by atoms with Crippen molar-refractivity contribution >= 4 is 18.5 Å². The smallest absolute Gasteiger partial charge is 0.264 e. The van der Waals surface area contributed by atoms with Gasteiger partial charge in [0.25, 0.3) is 0 Å². The van der Waals surface area contributed by atoms with Crippen molar-refractivity contribution in [1.82, 2.24) is 0 Å². The van der Waals surface area contributed by atoms with E-state index in [9.17, 15) is 0 Å². The van der Waals surface area contributed by atoms with Crippen LogP contribution in [0.25, 0.3) is 0 Å². The number of unbranched alkanes of at least 4 members (excludes halogenated alkanes) is 1. The molecule has 6 heteroatoms. The van der Waals surface area contributed by atoms with Crippen LogP contribution in [0.4, 0.5) is 0 Å². The minimum Gasteiger partial charge on any atom is -0.264 e. The highest BCUT2D eigenvalue weighted by Crippen LogP contribution is 2.11. The van der Waals surface area contributed by atoms with Crippen LogP contribution in [0.3, 0.4) is 0 Å². The van der Waals surface area contributed by atoms with Gasteiger partial charge in [-0.3, -0.25) is 9.11 Å². The molecule has 0 aliphatic carbocycles. The molecule has 0 spiro atoms. The van der Waals surface area contributed by atoms with E-state index in [0.717, 1.165) is 0 Å². The molecule has 0 unspecified atom stereocenters. The molecule has 0 bridgehead atoms. The summed E-state index contributed by atoms with van der Waals surface area (Å²) in [6.07, 6.45) is 2.81. The first-order valence-corrected chi connectivity index (χ1v) is 9.36. The van der Waals surface area contributed by atoms with Gasteiger partial charge in [0.1, 0.15) is 0 Å². The Balaban J connectivity index is 0. The Hall–Kier alpha value is 0.0869. The zero-order valence-electron chi connectivity index (χ0n) is 8.74. The maximum absolute atomic E-state index is 8.74. The lowest BCUT2D eigenvalue weighted by Crippen LogP contribution is -2.18. The zero-order valence-corrected chi connectivity index (χ0v) is 10.6. The van der Waals surface area contributed by atoms with Crippen molar-refractivity contribution < 1.29 is 17.5 Å². The van der Waals surface area contributed by atoms with Gasteiger partial charge in [0.05, 0.1) is 0 Å². The molecule has 0 fully saturated rings. The van der Waals surface area contributed by atoms with Gasteiger partial charge in [-0.2, -0.15) is 8.42 Å². The molecule has 0 aromatic carbocycles. The molecular formula is C7H20O4SSi. The summed E-state index contributed by atoms with van der Waals surface area (Å²) in [4.78, 5) is 0. The summed E-state index contributed by atoms with van der Waals surface area (Å²) in [5, 5.41) is 0. The summed E-state index contributed by atoms with van der Waals surface area (Å²) >= 11 is 0. The molecule has 0 aromatic heterocycles. The van der Waals surface area contributed by atoms with E-state index in [1.54, 1.807) is 0 Å². The number of hydrogen-bond donors (Lipinski definition) is 2. The molecule has 0 saturated carbocycles. The molecule has 0 rings (SSSR count). The predicted octanol–water partition coefficient (Wildman–Crippen LogP) is 2.47. The Morgan fingerprint density at radius 3 is 1.54 bits per heavy atom. The first kappa shape index (κ1) is 15.6. The van der Waals surface area contributed by atoms with Crippen molar-refractivity contribution in [3.05, 3.63) is 0 Å². The Morgan fingerprint density at radius 1 is 1.15 bits per heavy atom. The van der Waals surface area contributed by atoms with Crippen LogP contribution in [-0.2, 0) is 10.4 Å². The quantitative estimate of drug-likeness (QED) is 0.575. The molecule has 0 atom stereocenters. The summed E-state index contributed by atoms with van der Waals surface area (Å²) in [7, 11) is -5.34. The SMILES string of the molecule is CCCC[Si](C)(C)C.O=S(=O)(O)O. The van der Waals surface area contributed by atoms with E-state index in [1.165, 1.54) is 18.9 Å². The average Bonchev–Trinajstić information content (AvgIpc) is 1.77. The third-order valence-electron chi connectivity index (χ3n) is 1.28. The monoisotopic (exact) mass is 228 g/mol. The van der Waals surface area contributed by atoms with E-state index >= 15 is 0 Å². The number of hydrogen-bond acceptors (Lipinski definition) is 2. The van der Waals surface area contributed by atoms with Gasteiger partial charge in [-0.05, 0) is 0 Å². The average molecular weight is 228 g/mol. The van der Waals surface area contributed by atoms with Gasteiger partial charge in [0.15, 0.2) is 0 Å². The van der Waals surface area contributed by atoms with E-state index in [4.69, 9.17) is 17.5 Å². The van der Waals surface area contributed by atoms with Crippen LogP contribution in [0.1, 0.15) is 19.8 Å². The summed E-state index contributed by atoms with van der Waals surface area (Å²) < 4.78 is 31.6. The van der Waals surface area contributed by atoms with Crippen LogP contribution >= 0.6 is 0 Å². The second kappa shape index (κ2) is 6.53. The second-order valence-corrected chi connectivity index (χ2v) is 10.6. The zero-order chi connectivity index (χ0) is 11.1. The van der Waals surface area contributed by atoms with Gasteiger partial charge in [-0.1, -0.05) is 45.5 Å². The summed E-state index contributed by atoms with van der Waals surface area (Å²) in [6.45, 7) is 9.56. The van der Waals surface area contributed by atoms with Crippen molar-refractivity contribution in [3.63, 3.8) is 0 Å². The lowest BCUT2D eigenvalue weighted by Gasteiger charge is -2.13. The van der Waals surface area contributed by atoms with Gasteiger partial charge in [0.2, 0.25) is 0 Å². The van der Waals surface area contributed by atoms with Crippen LogP contribution in [0.2, 0.25) is 25.7 Å². The molecule has 0 heterocycles. The molecule has 0 aliphatic heterocycles. The fourth-order valence-corrected chi connectivity index (χ4v) is 2.12. The highest BCUT2D eigenvalue weighted by molar-refractivity contribution is 7.79. The van der Waals surface area contributed by atoms with Crippen LogP contribution < -0.4 is 0 Å². The Morgan fingerprint density at radius 2 is 1.46 bits per heavy atom. The highest BCUT2D eigenvalue weighted by Gasteiger charge is 2.10. The highest BCUT2D eigenvalue weighted by atomic mass is 32.3. The first-order valence-electron chi connectivity index (χ1n) is 4.26. The molecule has 4 nitrogen and oxygen atoms in total. The van der Waals surface area contributed by atoms with Crippen molar-refractivity contribution in [2.45, 2.75) is 45.5 Å². The maximum Gasteiger partial charge on any atom is 0.394 e. The molecule has 0 saturated heterocycles. The molecular weight excluding hydrogens is 208 g/mol. The predicted molar refractivity (Wildman–Crippen MR) is 57.2 cm³/mol. The third kappa shape index (κ3) is 47.5. The van der Waals surface area contributed by atoms with E-state index in [2.05, 4.69) is 26.6 Å². The van der Waals surface area contributed by atoms with Crippen LogP contribution in [0.5, 0.6) is 0 Å². The Bertz CT molecular complexity index is 197. The third-order valence-corrected chi connectivity index (χ3v) is 3.13. The standard InChI is InChI=1S/C7H18Si.H2O4S/c1-5-6-7-8(2,3)4;1-5(2,3)4/h5-7H2,1-4H3;(H2,1,2,3,4). The van der Waals surface area contributed by atoms with E-state index in [0.29, 0.717) is 0 Å². The van der Waals surface area contributed by atoms with E-state index < -0.39 is 18.5 Å². The van der Waals surface area contributed by atoms with Gasteiger partial charge in [-0.25, -0.2) is 0 Å². The molecule has 0 aliphatic rings. The van der Waals surface area contributed by atoms with Gasteiger partial charge in [0, 0.05) is 8.07 Å². The number of rotatable bonds is 3. The van der Waals surface area contributed by atoms with Gasteiger partial charge < -0.3 is 0 Å². The van der Waals surface area contributed by atoms with Crippen LogP contribution in [0, 0.1) is 0 Å². The summed E-state index contributed by atoms with van der Waals surface area (Å²) in [5.74, 6) is 0. The van der Waals surface area contributed by atoms with Crippen molar-refractivity contribution in [2.75, 3.05) is 0 Å². The van der Waals surface area contributed by atoms with Crippen molar-refractivity contribution in [2.24, 2.45) is 0 Å². The van der Waals surface area contributed by atoms with Crippen LogP contribution in [0.15, 0.2) is 0 Å². The fourth-order valence-electron chi connectivity index (χ4n) is 0.707. The lowest BCUT2D eigenvalue weighted by atomic mass is 10.4. The lowest BCUT2D eigenvalue weighted by molar-refractivity contribution is 0.381. The van der Waals surface area contributed by atoms with E-state index in [-0.39, 0.29) is 0 Å². The Labute approximate surface area is 81.9 Å². The molecule has 0 radical (unpaired) electrons. The topological polar surface area (TPSA) is 74.6 Å². The Kier molecular flexibility index (Phi) is 7.81. The minimum absolute atomic E-state index is 0.678.